The van der Waals surface area contributed by atoms with Crippen molar-refractivity contribution in [3.8, 4) is 0 Å². The summed E-state index contributed by atoms with van der Waals surface area (Å²) in [7, 11) is 1.80. The molecule has 1 aromatic heterocycles. The van der Waals surface area contributed by atoms with Crippen LogP contribution in [0.5, 0.6) is 0 Å². The van der Waals surface area contributed by atoms with Crippen LogP contribution in [0.25, 0.3) is 0 Å². The topological polar surface area (TPSA) is 46.3 Å². The van der Waals surface area contributed by atoms with Crippen molar-refractivity contribution in [1.82, 2.24) is 4.90 Å². The zero-order valence-corrected chi connectivity index (χ0v) is 10.3. The van der Waals surface area contributed by atoms with Gasteiger partial charge in [-0.1, -0.05) is 19.9 Å². The molecule has 1 amide bonds. The molecule has 1 rings (SSSR count). The van der Waals surface area contributed by atoms with Crippen LogP contribution in [0.3, 0.4) is 0 Å². The molecule has 15 heavy (non-hydrogen) atoms. The van der Waals surface area contributed by atoms with Crippen LogP contribution < -0.4 is 5.73 Å². The Morgan fingerprint density at radius 2 is 2.27 bits per heavy atom. The second-order valence-electron chi connectivity index (χ2n) is 4.04. The van der Waals surface area contributed by atoms with Gasteiger partial charge in [-0.05, 0) is 17.4 Å². The third kappa shape index (κ3) is 3.32. The molecule has 0 aliphatic rings. The van der Waals surface area contributed by atoms with Crippen molar-refractivity contribution in [3.63, 3.8) is 0 Å². The lowest BCUT2D eigenvalue weighted by Gasteiger charge is -2.22. The maximum absolute atomic E-state index is 11.8. The van der Waals surface area contributed by atoms with Gasteiger partial charge < -0.3 is 10.6 Å². The minimum atomic E-state index is -0.394. The van der Waals surface area contributed by atoms with E-state index in [-0.39, 0.29) is 11.8 Å². The number of likely N-dealkylation sites (N-methyl/N-ethyl adjacent to an activating group) is 1. The minimum Gasteiger partial charge on any atom is -0.339 e. The molecule has 1 heterocycles. The Labute approximate surface area is 94.9 Å². The van der Waals surface area contributed by atoms with Crippen LogP contribution in [0, 0.1) is 5.92 Å². The highest BCUT2D eigenvalue weighted by Crippen LogP contribution is 2.12. The van der Waals surface area contributed by atoms with E-state index in [2.05, 4.69) is 0 Å². The summed E-state index contributed by atoms with van der Waals surface area (Å²) in [6.45, 7) is 4.57. The van der Waals surface area contributed by atoms with E-state index in [1.165, 1.54) is 4.88 Å². The number of nitrogens with two attached hydrogens (primary N) is 1. The second kappa shape index (κ2) is 5.28. The quantitative estimate of drug-likeness (QED) is 0.849. The fourth-order valence-corrected chi connectivity index (χ4v) is 2.01. The van der Waals surface area contributed by atoms with Crippen molar-refractivity contribution in [2.45, 2.75) is 26.4 Å². The molecule has 4 heteroatoms. The SMILES string of the molecule is CC(C)[C@H](N)C(=O)N(C)Cc1cccs1. The highest BCUT2D eigenvalue weighted by molar-refractivity contribution is 7.09. The zero-order valence-electron chi connectivity index (χ0n) is 9.43. The molecule has 0 unspecified atom stereocenters. The first kappa shape index (κ1) is 12.2. The van der Waals surface area contributed by atoms with Crippen molar-refractivity contribution in [2.24, 2.45) is 11.7 Å². The highest BCUT2D eigenvalue weighted by atomic mass is 32.1. The summed E-state index contributed by atoms with van der Waals surface area (Å²) in [6.07, 6.45) is 0. The largest absolute Gasteiger partial charge is 0.339 e. The Morgan fingerprint density at radius 3 is 2.73 bits per heavy atom. The summed E-state index contributed by atoms with van der Waals surface area (Å²) < 4.78 is 0. The smallest absolute Gasteiger partial charge is 0.239 e. The standard InChI is InChI=1S/C11H18N2OS/c1-8(2)10(12)11(14)13(3)7-9-5-4-6-15-9/h4-6,8,10H,7,12H2,1-3H3/t10-/m0/s1. The Bertz CT molecular complexity index is 308. The average Bonchev–Trinajstić information content (AvgIpc) is 2.67. The van der Waals surface area contributed by atoms with E-state index in [1.54, 1.807) is 23.3 Å². The minimum absolute atomic E-state index is 0.0124. The van der Waals surface area contributed by atoms with Crippen molar-refractivity contribution in [1.29, 1.82) is 0 Å². The van der Waals surface area contributed by atoms with Crippen LogP contribution in [0.2, 0.25) is 0 Å². The molecule has 1 aromatic rings. The fraction of sp³-hybridized carbons (Fsp3) is 0.545. The van der Waals surface area contributed by atoms with E-state index in [0.717, 1.165) is 0 Å². The maximum Gasteiger partial charge on any atom is 0.239 e. The van der Waals surface area contributed by atoms with Gasteiger partial charge in [-0.2, -0.15) is 0 Å². The molecule has 0 aliphatic heterocycles. The number of nitrogens with zero attached hydrogens (tertiary/aromatic N) is 1. The van der Waals surface area contributed by atoms with Gasteiger partial charge in [-0.15, -0.1) is 11.3 Å². The maximum atomic E-state index is 11.8. The lowest BCUT2D eigenvalue weighted by Crippen LogP contribution is -2.44. The van der Waals surface area contributed by atoms with Gasteiger partial charge in [-0.25, -0.2) is 0 Å². The summed E-state index contributed by atoms with van der Waals surface area (Å²) in [5.74, 6) is 0.196. The number of amides is 1. The molecule has 84 valence electrons. The van der Waals surface area contributed by atoms with Crippen LogP contribution in [-0.2, 0) is 11.3 Å². The molecule has 2 N–H and O–H groups in total. The molecule has 3 nitrogen and oxygen atoms in total. The molecule has 0 aliphatic carbocycles. The van der Waals surface area contributed by atoms with E-state index < -0.39 is 6.04 Å². The average molecular weight is 226 g/mol. The molecular formula is C11H18N2OS. The monoisotopic (exact) mass is 226 g/mol. The number of thiophene rings is 1. The van der Waals surface area contributed by atoms with Crippen molar-refractivity contribution in [2.75, 3.05) is 7.05 Å². The van der Waals surface area contributed by atoms with Crippen LogP contribution >= 0.6 is 11.3 Å². The number of rotatable bonds is 4. The van der Waals surface area contributed by atoms with Gasteiger partial charge in [0.15, 0.2) is 0 Å². The number of hydrogen-bond acceptors (Lipinski definition) is 3. The van der Waals surface area contributed by atoms with E-state index in [9.17, 15) is 4.79 Å². The first-order valence-corrected chi connectivity index (χ1v) is 5.93. The zero-order chi connectivity index (χ0) is 11.4. The molecule has 0 spiro atoms. The Hall–Kier alpha value is -0.870. The van der Waals surface area contributed by atoms with Gasteiger partial charge in [0, 0.05) is 11.9 Å². The highest BCUT2D eigenvalue weighted by Gasteiger charge is 2.20. The van der Waals surface area contributed by atoms with Crippen molar-refractivity contribution in [3.05, 3.63) is 22.4 Å². The molecule has 0 fully saturated rings. The summed E-state index contributed by atoms with van der Waals surface area (Å²) in [5.41, 5.74) is 5.80. The van der Waals surface area contributed by atoms with Crippen LogP contribution in [0.1, 0.15) is 18.7 Å². The Kier molecular flexibility index (Phi) is 4.29. The third-order valence-electron chi connectivity index (χ3n) is 2.35. The summed E-state index contributed by atoms with van der Waals surface area (Å²) in [5, 5.41) is 2.01. The molecular weight excluding hydrogens is 208 g/mol. The molecule has 1 atom stereocenters. The van der Waals surface area contributed by atoms with Crippen LogP contribution in [0.15, 0.2) is 17.5 Å². The molecule has 0 bridgehead atoms. The second-order valence-corrected chi connectivity index (χ2v) is 5.08. The Balaban J connectivity index is 2.54. The van der Waals surface area contributed by atoms with E-state index in [1.807, 2.05) is 31.4 Å². The summed E-state index contributed by atoms with van der Waals surface area (Å²) in [6, 6.07) is 3.62. The molecule has 0 aromatic carbocycles. The first-order valence-electron chi connectivity index (χ1n) is 5.05. The first-order chi connectivity index (χ1) is 7.02. The molecule has 0 saturated heterocycles. The van der Waals surface area contributed by atoms with Gasteiger partial charge in [0.1, 0.15) is 0 Å². The van der Waals surface area contributed by atoms with Crippen molar-refractivity contribution >= 4 is 17.2 Å². The summed E-state index contributed by atoms with van der Waals surface area (Å²) in [4.78, 5) is 14.7. The number of hydrogen-bond donors (Lipinski definition) is 1. The van der Waals surface area contributed by atoms with Gasteiger partial charge in [0.05, 0.1) is 12.6 Å². The van der Waals surface area contributed by atoms with E-state index in [0.29, 0.717) is 6.54 Å². The van der Waals surface area contributed by atoms with Crippen molar-refractivity contribution < 1.29 is 4.79 Å². The lowest BCUT2D eigenvalue weighted by molar-refractivity contribution is -0.132. The number of carbonyl (C=O) groups excluding carboxylic acids is 1. The normalized spacial score (nSPS) is 12.9. The summed E-state index contributed by atoms with van der Waals surface area (Å²) >= 11 is 1.65. The Morgan fingerprint density at radius 1 is 1.60 bits per heavy atom. The van der Waals surface area contributed by atoms with E-state index >= 15 is 0 Å². The predicted octanol–water partition coefficient (Wildman–Crippen LogP) is 1.69. The van der Waals surface area contributed by atoms with E-state index in [4.69, 9.17) is 5.73 Å². The van der Waals surface area contributed by atoms with Gasteiger partial charge in [-0.3, -0.25) is 4.79 Å². The van der Waals surface area contributed by atoms with Gasteiger partial charge >= 0.3 is 0 Å². The van der Waals surface area contributed by atoms with Crippen LogP contribution in [-0.4, -0.2) is 23.9 Å². The number of carbonyl (C=O) groups is 1. The van der Waals surface area contributed by atoms with Gasteiger partial charge in [0.25, 0.3) is 0 Å². The lowest BCUT2D eigenvalue weighted by atomic mass is 10.0. The van der Waals surface area contributed by atoms with Crippen LogP contribution in [0.4, 0.5) is 0 Å². The molecule has 0 radical (unpaired) electrons. The predicted molar refractivity (Wildman–Crippen MR) is 63.6 cm³/mol. The fourth-order valence-electron chi connectivity index (χ4n) is 1.25. The third-order valence-corrected chi connectivity index (χ3v) is 3.21. The van der Waals surface area contributed by atoms with Gasteiger partial charge in [0.2, 0.25) is 5.91 Å². The molecule has 0 saturated carbocycles.